The number of carbonyl (C=O) groups is 1. The Balaban J connectivity index is 1.35. The molecule has 3 saturated carbocycles. The van der Waals surface area contributed by atoms with Gasteiger partial charge in [-0.2, -0.15) is 16.4 Å². The van der Waals surface area contributed by atoms with Crippen molar-refractivity contribution in [1.82, 2.24) is 14.8 Å². The average molecular weight is 721 g/mol. The lowest BCUT2D eigenvalue weighted by atomic mass is 9.34. The highest BCUT2D eigenvalue weighted by Gasteiger charge is 2.72. The van der Waals surface area contributed by atoms with Crippen molar-refractivity contribution in [2.75, 3.05) is 19.8 Å². The van der Waals surface area contributed by atoms with Crippen LogP contribution in [0, 0.1) is 62.6 Å². The van der Waals surface area contributed by atoms with E-state index in [2.05, 4.69) is 96.8 Å². The number of hydrogen-bond acceptors (Lipinski definition) is 7. The summed E-state index contributed by atoms with van der Waals surface area (Å²) in [6.07, 6.45) is 9.84. The van der Waals surface area contributed by atoms with Gasteiger partial charge >= 0.3 is 5.97 Å². The van der Waals surface area contributed by atoms with Gasteiger partial charge in [-0.3, -0.25) is 4.79 Å². The van der Waals surface area contributed by atoms with E-state index in [9.17, 15) is 9.90 Å². The number of thiophene rings is 1. The van der Waals surface area contributed by atoms with Crippen LogP contribution in [0.4, 0.5) is 0 Å². The zero-order valence-electron chi connectivity index (χ0n) is 32.9. The predicted octanol–water partition coefficient (Wildman–Crippen LogP) is 8.89. The summed E-state index contributed by atoms with van der Waals surface area (Å²) in [7, 11) is 0. The summed E-state index contributed by atoms with van der Waals surface area (Å²) in [6.45, 7) is 24.5. The van der Waals surface area contributed by atoms with E-state index >= 15 is 0 Å². The highest BCUT2D eigenvalue weighted by molar-refractivity contribution is 7.08. The van der Waals surface area contributed by atoms with Crippen LogP contribution in [0.1, 0.15) is 114 Å². The minimum atomic E-state index is -0.617. The van der Waals surface area contributed by atoms with Crippen molar-refractivity contribution in [2.45, 2.75) is 125 Å². The molecule has 8 nitrogen and oxygen atoms in total. The molecule has 5 aliphatic rings. The lowest BCUT2D eigenvalue weighted by Gasteiger charge is -2.71. The number of aliphatic carboxylic acids is 1. The summed E-state index contributed by atoms with van der Waals surface area (Å²) >= 11 is 1.67. The van der Waals surface area contributed by atoms with Crippen LogP contribution in [0.3, 0.4) is 0 Å². The number of carboxylic acids is 1. The average Bonchev–Trinajstić information content (AvgIpc) is 3.76. The van der Waals surface area contributed by atoms with Gasteiger partial charge in [0.25, 0.3) is 0 Å². The Bertz CT molecular complexity index is 1650. The third-order valence-electron chi connectivity index (χ3n) is 16.6. The summed E-state index contributed by atoms with van der Waals surface area (Å²) in [6, 6.07) is 2.06. The molecular formula is C42H64N4O4S. The number of rotatable bonds is 9. The molecule has 0 spiro atoms. The van der Waals surface area contributed by atoms with E-state index in [-0.39, 0.29) is 45.1 Å². The number of aromatic nitrogens is 3. The predicted molar refractivity (Wildman–Crippen MR) is 203 cm³/mol. The molecule has 0 aromatic carbocycles. The van der Waals surface area contributed by atoms with E-state index in [0.29, 0.717) is 43.5 Å². The summed E-state index contributed by atoms with van der Waals surface area (Å²) in [5.74, 6) is 1.53. The normalized spacial score (nSPS) is 42.4. The van der Waals surface area contributed by atoms with Gasteiger partial charge in [0, 0.05) is 27.3 Å². The molecule has 12 atom stereocenters. The van der Waals surface area contributed by atoms with E-state index in [1.165, 1.54) is 5.57 Å². The van der Waals surface area contributed by atoms with Crippen LogP contribution in [-0.2, 0) is 14.3 Å². The number of fused-ring (bicyclic) bond motifs is 3. The van der Waals surface area contributed by atoms with Crippen molar-refractivity contribution in [3.63, 3.8) is 0 Å². The molecule has 0 unspecified atom stereocenters. The van der Waals surface area contributed by atoms with Gasteiger partial charge in [0.05, 0.1) is 37.9 Å². The second kappa shape index (κ2) is 12.5. The smallest absolute Gasteiger partial charge is 0.307 e. The molecule has 7 rings (SSSR count). The van der Waals surface area contributed by atoms with Crippen LogP contribution in [-0.4, -0.2) is 57.3 Å². The number of nitrogens with two attached hydrogens (primary N) is 1. The topological polar surface area (TPSA) is 112 Å². The monoisotopic (exact) mass is 720 g/mol. The van der Waals surface area contributed by atoms with E-state index in [1.54, 1.807) is 17.7 Å². The summed E-state index contributed by atoms with van der Waals surface area (Å²) < 4.78 is 16.1. The van der Waals surface area contributed by atoms with Crippen molar-refractivity contribution < 1.29 is 19.4 Å². The van der Waals surface area contributed by atoms with Crippen LogP contribution >= 0.6 is 11.3 Å². The summed E-state index contributed by atoms with van der Waals surface area (Å²) in [5, 5.41) is 20.3. The van der Waals surface area contributed by atoms with Crippen molar-refractivity contribution >= 4 is 17.3 Å². The van der Waals surface area contributed by atoms with Crippen LogP contribution in [0.2, 0.25) is 0 Å². The quantitative estimate of drug-likeness (QED) is 0.249. The first-order chi connectivity index (χ1) is 23.9. The van der Waals surface area contributed by atoms with Crippen molar-refractivity contribution in [3.05, 3.63) is 34.8 Å². The number of allylic oxidation sites excluding steroid dienone is 1. The number of carboxylic acid groups (broad SMARTS) is 1. The third kappa shape index (κ3) is 5.24. The Morgan fingerprint density at radius 3 is 2.53 bits per heavy atom. The molecule has 51 heavy (non-hydrogen) atoms. The van der Waals surface area contributed by atoms with Gasteiger partial charge in [-0.05, 0) is 103 Å². The minimum Gasteiger partial charge on any atom is -0.481 e. The summed E-state index contributed by atoms with van der Waals surface area (Å²) in [4.78, 5) is 18.4. The highest BCUT2D eigenvalue weighted by Crippen LogP contribution is 2.75. The maximum absolute atomic E-state index is 13.5. The molecular weight excluding hydrogens is 657 g/mol. The molecule has 0 amide bonds. The number of hydrogen-bond donors (Lipinski definition) is 2. The molecule has 4 aliphatic carbocycles. The first kappa shape index (κ1) is 37.3. The molecule has 3 heterocycles. The van der Waals surface area contributed by atoms with Gasteiger partial charge in [-0.1, -0.05) is 74.0 Å². The molecule has 2 aromatic heterocycles. The van der Waals surface area contributed by atoms with Crippen molar-refractivity contribution in [2.24, 2.45) is 68.3 Å². The molecule has 3 N–H and O–H groups in total. The largest absolute Gasteiger partial charge is 0.481 e. The molecule has 4 fully saturated rings. The molecule has 2 aromatic rings. The zero-order valence-corrected chi connectivity index (χ0v) is 33.7. The Kier molecular flexibility index (Phi) is 9.12. The number of nitrogens with zero attached hydrogens (tertiary/aromatic N) is 3. The SMILES string of the molecule is CC(C)[C@@H](C)[C@@]1(C)CC[C@]2(C)[C@H]3CC[C@@H]4[C@@]5(COC[C@@]4(C)[C@@H](OC[C@](C)(N)C(C)C)[C@H](n4ncnc4-c4ccsc4)C5)C3=CC[C@@]2(C)[C@@H]1C(=O)O. The third-order valence-corrected chi connectivity index (χ3v) is 17.3. The van der Waals surface area contributed by atoms with E-state index < -0.39 is 17.4 Å². The molecule has 0 radical (unpaired) electrons. The Hall–Kier alpha value is -2.07. The van der Waals surface area contributed by atoms with Gasteiger partial charge in [-0.15, -0.1) is 0 Å². The Morgan fingerprint density at radius 1 is 1.14 bits per heavy atom. The van der Waals surface area contributed by atoms with Gasteiger partial charge in [0.15, 0.2) is 5.82 Å². The van der Waals surface area contributed by atoms with E-state index in [4.69, 9.17) is 25.3 Å². The van der Waals surface area contributed by atoms with Crippen LogP contribution in [0.15, 0.2) is 34.8 Å². The second-order valence-electron chi connectivity index (χ2n) is 19.5. The molecule has 1 aliphatic heterocycles. The van der Waals surface area contributed by atoms with Crippen molar-refractivity contribution in [3.8, 4) is 11.4 Å². The molecule has 9 heteroatoms. The number of ether oxygens (including phenoxy) is 2. The second-order valence-corrected chi connectivity index (χ2v) is 20.3. The Morgan fingerprint density at radius 2 is 1.88 bits per heavy atom. The van der Waals surface area contributed by atoms with E-state index in [1.807, 2.05) is 0 Å². The lowest BCUT2D eigenvalue weighted by Crippen LogP contribution is -2.69. The van der Waals surface area contributed by atoms with Gasteiger partial charge in [-0.25, -0.2) is 9.67 Å². The molecule has 1 saturated heterocycles. The fourth-order valence-corrected chi connectivity index (χ4v) is 13.3. The maximum atomic E-state index is 13.5. The van der Waals surface area contributed by atoms with Gasteiger partial charge < -0.3 is 20.3 Å². The summed E-state index contributed by atoms with van der Waals surface area (Å²) in [5.41, 5.74) is 7.77. The Labute approximate surface area is 310 Å². The van der Waals surface area contributed by atoms with Crippen LogP contribution in [0.25, 0.3) is 11.4 Å². The fraction of sp³-hybridized carbons (Fsp3) is 0.786. The maximum Gasteiger partial charge on any atom is 0.307 e. The van der Waals surface area contributed by atoms with Crippen LogP contribution < -0.4 is 5.73 Å². The van der Waals surface area contributed by atoms with Crippen molar-refractivity contribution in [1.29, 1.82) is 0 Å². The van der Waals surface area contributed by atoms with Crippen LogP contribution in [0.5, 0.6) is 0 Å². The lowest BCUT2D eigenvalue weighted by molar-refractivity contribution is -0.252. The first-order valence-electron chi connectivity index (χ1n) is 19.7. The fourth-order valence-electron chi connectivity index (χ4n) is 12.6. The minimum absolute atomic E-state index is 0.0652. The first-order valence-corrected chi connectivity index (χ1v) is 20.7. The molecule has 2 bridgehead atoms. The molecule has 282 valence electrons. The highest BCUT2D eigenvalue weighted by atomic mass is 32.1. The zero-order chi connectivity index (χ0) is 36.9. The van der Waals surface area contributed by atoms with Gasteiger partial charge in [0.1, 0.15) is 6.33 Å². The van der Waals surface area contributed by atoms with Gasteiger partial charge in [0.2, 0.25) is 0 Å². The standard InChI is InChI=1S/C42H64N4O4S/c1-25(2)27(5)37(6)16-17-39(8)29-11-12-32-38(7)21-49-23-42(32,30(29)13-15-40(39,9)33(37)36(47)48)19-31(34(38)50-22-41(10,43)26(3)4)46-35(44-24-45-46)28-14-18-51-20-28/h13-14,18,20,24-27,29,31-34H,11-12,15-17,19,21-23,43H2,1-10H3,(H,47,48)/t27-,29+,31-,32+,33-,34+,37-,38-,39-,40+,41+,42+/m1/s1. The van der Waals surface area contributed by atoms with E-state index in [0.717, 1.165) is 49.9 Å².